The van der Waals surface area contributed by atoms with Crippen LogP contribution in [0.25, 0.3) is 5.69 Å². The summed E-state index contributed by atoms with van der Waals surface area (Å²) in [5.74, 6) is -0.201. The highest BCUT2D eigenvalue weighted by molar-refractivity contribution is 6.42. The Kier molecular flexibility index (Phi) is 4.18. The standard InChI is InChI=1S/C17H12Cl2N2O/c18-13-10-15(20-17(22)12-6-2-1-3-7-12)16(11-14(13)19)21-8-4-5-9-21/h1-11H,(H,20,22). The van der Waals surface area contributed by atoms with Crippen molar-refractivity contribution < 1.29 is 4.79 Å². The van der Waals surface area contributed by atoms with Crippen LogP contribution in [-0.4, -0.2) is 10.5 Å². The molecule has 1 N–H and O–H groups in total. The molecule has 3 nitrogen and oxygen atoms in total. The summed E-state index contributed by atoms with van der Waals surface area (Å²) in [7, 11) is 0. The summed E-state index contributed by atoms with van der Waals surface area (Å²) in [5.41, 5.74) is 1.93. The molecular formula is C17H12Cl2N2O. The Morgan fingerprint density at radius 1 is 0.909 bits per heavy atom. The molecule has 1 aromatic heterocycles. The van der Waals surface area contributed by atoms with Crippen LogP contribution in [0.15, 0.2) is 67.0 Å². The molecule has 2 aromatic carbocycles. The molecule has 0 atom stereocenters. The van der Waals surface area contributed by atoms with Gasteiger partial charge < -0.3 is 9.88 Å². The van der Waals surface area contributed by atoms with Crippen molar-refractivity contribution in [2.24, 2.45) is 0 Å². The number of anilines is 1. The van der Waals surface area contributed by atoms with Gasteiger partial charge in [-0.15, -0.1) is 0 Å². The van der Waals surface area contributed by atoms with Crippen LogP contribution in [0.2, 0.25) is 10.0 Å². The summed E-state index contributed by atoms with van der Waals surface area (Å²) >= 11 is 12.2. The van der Waals surface area contributed by atoms with Crippen LogP contribution in [0.1, 0.15) is 10.4 Å². The lowest BCUT2D eigenvalue weighted by Gasteiger charge is -2.14. The van der Waals surface area contributed by atoms with Crippen molar-refractivity contribution in [2.75, 3.05) is 5.32 Å². The molecule has 110 valence electrons. The van der Waals surface area contributed by atoms with Crippen LogP contribution in [0.4, 0.5) is 5.69 Å². The highest BCUT2D eigenvalue weighted by atomic mass is 35.5. The van der Waals surface area contributed by atoms with Gasteiger partial charge >= 0.3 is 0 Å². The van der Waals surface area contributed by atoms with Crippen molar-refractivity contribution >= 4 is 34.8 Å². The minimum absolute atomic E-state index is 0.201. The summed E-state index contributed by atoms with van der Waals surface area (Å²) < 4.78 is 1.86. The lowest BCUT2D eigenvalue weighted by atomic mass is 10.2. The first-order chi connectivity index (χ1) is 10.6. The van der Waals surface area contributed by atoms with Crippen molar-refractivity contribution in [3.05, 3.63) is 82.6 Å². The molecule has 0 aliphatic heterocycles. The number of amides is 1. The van der Waals surface area contributed by atoms with E-state index in [4.69, 9.17) is 23.2 Å². The third-order valence-corrected chi connectivity index (χ3v) is 3.93. The van der Waals surface area contributed by atoms with Crippen molar-refractivity contribution in [3.8, 4) is 5.69 Å². The molecular weight excluding hydrogens is 319 g/mol. The van der Waals surface area contributed by atoms with Crippen LogP contribution in [-0.2, 0) is 0 Å². The van der Waals surface area contributed by atoms with Crippen LogP contribution >= 0.6 is 23.2 Å². The smallest absolute Gasteiger partial charge is 0.255 e. The lowest BCUT2D eigenvalue weighted by molar-refractivity contribution is 0.102. The number of halogens is 2. The Balaban J connectivity index is 2.00. The maximum Gasteiger partial charge on any atom is 0.255 e. The minimum atomic E-state index is -0.201. The molecule has 0 aliphatic rings. The molecule has 5 heteroatoms. The fraction of sp³-hybridized carbons (Fsp3) is 0. The SMILES string of the molecule is O=C(Nc1cc(Cl)c(Cl)cc1-n1cccc1)c1ccccc1. The summed E-state index contributed by atoms with van der Waals surface area (Å²) in [5, 5.41) is 3.70. The molecule has 0 saturated heterocycles. The second-order valence-electron chi connectivity index (χ2n) is 4.69. The number of carbonyl (C=O) groups excluding carboxylic acids is 1. The van der Waals surface area contributed by atoms with Crippen LogP contribution < -0.4 is 5.32 Å². The molecule has 0 unspecified atom stereocenters. The fourth-order valence-corrected chi connectivity index (χ4v) is 2.45. The van der Waals surface area contributed by atoms with E-state index in [1.165, 1.54) is 0 Å². The molecule has 3 rings (SSSR count). The van der Waals surface area contributed by atoms with E-state index in [0.717, 1.165) is 5.69 Å². The van der Waals surface area contributed by atoms with Crippen molar-refractivity contribution in [2.45, 2.75) is 0 Å². The highest BCUT2D eigenvalue weighted by Gasteiger charge is 2.12. The predicted octanol–water partition coefficient (Wildman–Crippen LogP) is 5.04. The van der Waals surface area contributed by atoms with Gasteiger partial charge in [0.05, 0.1) is 21.4 Å². The monoisotopic (exact) mass is 330 g/mol. The summed E-state index contributed by atoms with van der Waals surface area (Å²) in [6, 6.07) is 16.2. The third kappa shape index (κ3) is 3.01. The van der Waals surface area contributed by atoms with E-state index in [1.807, 2.05) is 47.3 Å². The number of nitrogens with zero attached hydrogens (tertiary/aromatic N) is 1. The zero-order valence-corrected chi connectivity index (χ0v) is 13.0. The molecule has 1 amide bonds. The van der Waals surface area contributed by atoms with Gasteiger partial charge in [0.1, 0.15) is 0 Å². The Hall–Kier alpha value is -2.23. The second-order valence-corrected chi connectivity index (χ2v) is 5.51. The number of aromatic nitrogens is 1. The third-order valence-electron chi connectivity index (χ3n) is 3.21. The first-order valence-corrected chi connectivity index (χ1v) is 7.39. The lowest BCUT2D eigenvalue weighted by Crippen LogP contribution is -2.13. The Morgan fingerprint density at radius 3 is 2.23 bits per heavy atom. The first-order valence-electron chi connectivity index (χ1n) is 6.64. The van der Waals surface area contributed by atoms with E-state index < -0.39 is 0 Å². The molecule has 22 heavy (non-hydrogen) atoms. The number of nitrogens with one attached hydrogen (secondary N) is 1. The van der Waals surface area contributed by atoms with E-state index in [-0.39, 0.29) is 5.91 Å². The van der Waals surface area contributed by atoms with Crippen LogP contribution in [0.3, 0.4) is 0 Å². The fourth-order valence-electron chi connectivity index (χ4n) is 2.13. The largest absolute Gasteiger partial charge is 0.322 e. The van der Waals surface area contributed by atoms with Gasteiger partial charge in [0, 0.05) is 18.0 Å². The summed E-state index contributed by atoms with van der Waals surface area (Å²) in [6.45, 7) is 0. The number of hydrogen-bond donors (Lipinski definition) is 1. The van der Waals surface area contributed by atoms with Gasteiger partial charge in [-0.05, 0) is 36.4 Å². The van der Waals surface area contributed by atoms with Gasteiger partial charge in [-0.2, -0.15) is 0 Å². The van der Waals surface area contributed by atoms with E-state index in [2.05, 4.69) is 5.32 Å². The number of benzene rings is 2. The average molecular weight is 331 g/mol. The molecule has 0 radical (unpaired) electrons. The molecule has 1 heterocycles. The van der Waals surface area contributed by atoms with E-state index in [9.17, 15) is 4.79 Å². The number of rotatable bonds is 3. The minimum Gasteiger partial charge on any atom is -0.322 e. The molecule has 0 spiro atoms. The van der Waals surface area contributed by atoms with Crippen molar-refractivity contribution in [1.29, 1.82) is 0 Å². The maximum absolute atomic E-state index is 12.3. The zero-order chi connectivity index (χ0) is 15.5. The van der Waals surface area contributed by atoms with Gasteiger partial charge in [0.25, 0.3) is 5.91 Å². The van der Waals surface area contributed by atoms with Crippen LogP contribution in [0, 0.1) is 0 Å². The van der Waals surface area contributed by atoms with Gasteiger partial charge in [-0.25, -0.2) is 0 Å². The highest BCUT2D eigenvalue weighted by Crippen LogP contribution is 2.31. The average Bonchev–Trinajstić information content (AvgIpc) is 3.05. The van der Waals surface area contributed by atoms with Gasteiger partial charge in [-0.1, -0.05) is 41.4 Å². The summed E-state index contributed by atoms with van der Waals surface area (Å²) in [4.78, 5) is 12.3. The first kappa shape index (κ1) is 14.7. The van der Waals surface area contributed by atoms with E-state index >= 15 is 0 Å². The van der Waals surface area contributed by atoms with Gasteiger partial charge in [0.15, 0.2) is 0 Å². The van der Waals surface area contributed by atoms with Crippen LogP contribution in [0.5, 0.6) is 0 Å². The van der Waals surface area contributed by atoms with Gasteiger partial charge in [-0.3, -0.25) is 4.79 Å². The van der Waals surface area contributed by atoms with E-state index in [1.54, 1.807) is 24.3 Å². The number of hydrogen-bond acceptors (Lipinski definition) is 1. The quantitative estimate of drug-likeness (QED) is 0.717. The van der Waals surface area contributed by atoms with Crippen molar-refractivity contribution in [3.63, 3.8) is 0 Å². The predicted molar refractivity (Wildman–Crippen MR) is 90.2 cm³/mol. The topological polar surface area (TPSA) is 34.0 Å². The Bertz CT molecular complexity index is 799. The summed E-state index contributed by atoms with van der Waals surface area (Å²) in [6.07, 6.45) is 3.75. The van der Waals surface area contributed by atoms with Crippen molar-refractivity contribution in [1.82, 2.24) is 4.57 Å². The molecule has 0 saturated carbocycles. The molecule has 0 aliphatic carbocycles. The molecule has 3 aromatic rings. The Labute approximate surface area is 138 Å². The van der Waals surface area contributed by atoms with Gasteiger partial charge in [0.2, 0.25) is 0 Å². The normalized spacial score (nSPS) is 10.5. The second kappa shape index (κ2) is 6.26. The Morgan fingerprint density at radius 2 is 1.55 bits per heavy atom. The number of carbonyl (C=O) groups is 1. The van der Waals surface area contributed by atoms with E-state index in [0.29, 0.717) is 21.3 Å². The maximum atomic E-state index is 12.3. The molecule has 0 fully saturated rings. The molecule has 0 bridgehead atoms. The zero-order valence-electron chi connectivity index (χ0n) is 11.5.